The van der Waals surface area contributed by atoms with Gasteiger partial charge in [0.15, 0.2) is 5.13 Å². The van der Waals surface area contributed by atoms with Crippen LogP contribution in [0.3, 0.4) is 0 Å². The highest BCUT2D eigenvalue weighted by Gasteiger charge is 2.23. The zero-order valence-electron chi connectivity index (χ0n) is 13.8. The number of anilines is 1. The SMILES string of the molecule is CCC(CC)N(CCOC)c1nc(C)c(CNC2CC2)s1. The summed E-state index contributed by atoms with van der Waals surface area (Å²) in [6.07, 6.45) is 4.96. The lowest BCUT2D eigenvalue weighted by molar-refractivity contribution is 0.202. The number of nitrogens with zero attached hydrogens (tertiary/aromatic N) is 2. The Kier molecular flexibility index (Phi) is 6.45. The Labute approximate surface area is 132 Å². The number of methoxy groups -OCH3 is 1. The number of hydrogen-bond donors (Lipinski definition) is 1. The van der Waals surface area contributed by atoms with Gasteiger partial charge in [-0.15, -0.1) is 11.3 Å². The van der Waals surface area contributed by atoms with E-state index in [1.165, 1.54) is 23.4 Å². The van der Waals surface area contributed by atoms with Crippen LogP contribution in [0.4, 0.5) is 5.13 Å². The standard InChI is InChI=1S/C16H29N3OS/c1-5-14(6-2)19(9-10-20-4)16-18-12(3)15(21-16)11-17-13-7-8-13/h13-14,17H,5-11H2,1-4H3. The summed E-state index contributed by atoms with van der Waals surface area (Å²) in [4.78, 5) is 8.64. The number of nitrogens with one attached hydrogen (secondary N) is 1. The molecule has 1 N–H and O–H groups in total. The molecule has 0 spiro atoms. The molecule has 120 valence electrons. The predicted octanol–water partition coefficient (Wildman–Crippen LogP) is 3.34. The van der Waals surface area contributed by atoms with E-state index in [1.807, 2.05) is 11.3 Å². The highest BCUT2D eigenvalue weighted by Crippen LogP contribution is 2.30. The summed E-state index contributed by atoms with van der Waals surface area (Å²) in [6.45, 7) is 9.28. The molecular weight excluding hydrogens is 282 g/mol. The molecule has 2 rings (SSSR count). The third-order valence-electron chi connectivity index (χ3n) is 4.18. The van der Waals surface area contributed by atoms with Crippen molar-refractivity contribution in [3.8, 4) is 0 Å². The Balaban J connectivity index is 2.07. The van der Waals surface area contributed by atoms with Gasteiger partial charge in [0.1, 0.15) is 0 Å². The van der Waals surface area contributed by atoms with Crippen molar-refractivity contribution in [3.05, 3.63) is 10.6 Å². The van der Waals surface area contributed by atoms with Crippen LogP contribution in [0.2, 0.25) is 0 Å². The van der Waals surface area contributed by atoms with Crippen LogP contribution in [-0.4, -0.2) is 37.3 Å². The van der Waals surface area contributed by atoms with Crippen LogP contribution < -0.4 is 10.2 Å². The first-order valence-electron chi connectivity index (χ1n) is 8.14. The van der Waals surface area contributed by atoms with Crippen molar-refractivity contribution in [1.82, 2.24) is 10.3 Å². The van der Waals surface area contributed by atoms with Crippen LogP contribution in [-0.2, 0) is 11.3 Å². The van der Waals surface area contributed by atoms with Crippen LogP contribution in [0.5, 0.6) is 0 Å². The highest BCUT2D eigenvalue weighted by atomic mass is 32.1. The molecule has 1 fully saturated rings. The summed E-state index contributed by atoms with van der Waals surface area (Å²) in [5.41, 5.74) is 1.18. The van der Waals surface area contributed by atoms with Crippen LogP contribution in [0.25, 0.3) is 0 Å². The van der Waals surface area contributed by atoms with E-state index in [0.29, 0.717) is 6.04 Å². The van der Waals surface area contributed by atoms with E-state index >= 15 is 0 Å². The Morgan fingerprint density at radius 1 is 1.38 bits per heavy atom. The van der Waals surface area contributed by atoms with E-state index in [-0.39, 0.29) is 0 Å². The minimum absolute atomic E-state index is 0.551. The maximum atomic E-state index is 5.28. The molecular formula is C16H29N3OS. The zero-order chi connectivity index (χ0) is 15.2. The molecule has 0 saturated heterocycles. The van der Waals surface area contributed by atoms with E-state index in [9.17, 15) is 0 Å². The molecule has 1 heterocycles. The summed E-state index contributed by atoms with van der Waals surface area (Å²) in [6, 6.07) is 1.30. The second kappa shape index (κ2) is 8.11. The van der Waals surface area contributed by atoms with Gasteiger partial charge in [-0.05, 0) is 32.6 Å². The highest BCUT2D eigenvalue weighted by molar-refractivity contribution is 7.15. The lowest BCUT2D eigenvalue weighted by atomic mass is 10.1. The van der Waals surface area contributed by atoms with Crippen molar-refractivity contribution in [2.45, 2.75) is 65.1 Å². The van der Waals surface area contributed by atoms with Gasteiger partial charge in [-0.2, -0.15) is 0 Å². The molecule has 0 amide bonds. The van der Waals surface area contributed by atoms with Crippen molar-refractivity contribution in [1.29, 1.82) is 0 Å². The summed E-state index contributed by atoms with van der Waals surface area (Å²) in [5, 5.41) is 4.75. The number of rotatable bonds is 10. The Bertz CT molecular complexity index is 427. The van der Waals surface area contributed by atoms with Crippen molar-refractivity contribution in [3.63, 3.8) is 0 Å². The molecule has 0 atom stereocenters. The van der Waals surface area contributed by atoms with Gasteiger partial charge in [0.2, 0.25) is 0 Å². The van der Waals surface area contributed by atoms with E-state index in [1.54, 1.807) is 7.11 Å². The van der Waals surface area contributed by atoms with Crippen LogP contribution in [0, 0.1) is 6.92 Å². The van der Waals surface area contributed by atoms with E-state index in [4.69, 9.17) is 9.72 Å². The summed E-state index contributed by atoms with van der Waals surface area (Å²) >= 11 is 1.84. The molecule has 5 heteroatoms. The molecule has 1 aliphatic rings. The van der Waals surface area contributed by atoms with Crippen molar-refractivity contribution in [2.24, 2.45) is 0 Å². The van der Waals surface area contributed by atoms with Crippen LogP contribution >= 0.6 is 11.3 Å². The summed E-state index contributed by atoms with van der Waals surface area (Å²) in [7, 11) is 1.77. The van der Waals surface area contributed by atoms with Gasteiger partial charge < -0.3 is 15.0 Å². The zero-order valence-corrected chi connectivity index (χ0v) is 14.6. The molecule has 1 saturated carbocycles. The van der Waals surface area contributed by atoms with Crippen molar-refractivity contribution in [2.75, 3.05) is 25.2 Å². The fourth-order valence-electron chi connectivity index (χ4n) is 2.58. The molecule has 0 aromatic carbocycles. The Morgan fingerprint density at radius 2 is 2.10 bits per heavy atom. The Morgan fingerprint density at radius 3 is 2.67 bits per heavy atom. The third-order valence-corrected chi connectivity index (χ3v) is 5.37. The van der Waals surface area contributed by atoms with Gasteiger partial charge >= 0.3 is 0 Å². The van der Waals surface area contributed by atoms with Crippen molar-refractivity contribution >= 4 is 16.5 Å². The van der Waals surface area contributed by atoms with Gasteiger partial charge in [0.05, 0.1) is 12.3 Å². The summed E-state index contributed by atoms with van der Waals surface area (Å²) < 4.78 is 5.28. The van der Waals surface area contributed by atoms with Gasteiger partial charge in [0.25, 0.3) is 0 Å². The van der Waals surface area contributed by atoms with E-state index in [2.05, 4.69) is 31.0 Å². The maximum absolute atomic E-state index is 5.28. The molecule has 21 heavy (non-hydrogen) atoms. The monoisotopic (exact) mass is 311 g/mol. The molecule has 1 aromatic heterocycles. The van der Waals surface area contributed by atoms with Crippen LogP contribution in [0.1, 0.15) is 50.1 Å². The smallest absolute Gasteiger partial charge is 0.186 e. The lowest BCUT2D eigenvalue weighted by Gasteiger charge is -2.30. The van der Waals surface area contributed by atoms with Crippen LogP contribution in [0.15, 0.2) is 0 Å². The van der Waals surface area contributed by atoms with Gasteiger partial charge in [0, 0.05) is 37.2 Å². The first-order chi connectivity index (χ1) is 10.2. The predicted molar refractivity (Wildman–Crippen MR) is 90.3 cm³/mol. The molecule has 0 unspecified atom stereocenters. The normalized spacial score (nSPS) is 14.9. The molecule has 1 aliphatic carbocycles. The molecule has 0 radical (unpaired) electrons. The second-order valence-electron chi connectivity index (χ2n) is 5.82. The number of ether oxygens (including phenoxy) is 1. The maximum Gasteiger partial charge on any atom is 0.186 e. The first kappa shape index (κ1) is 16.7. The largest absolute Gasteiger partial charge is 0.383 e. The minimum atomic E-state index is 0.551. The molecule has 0 aliphatic heterocycles. The topological polar surface area (TPSA) is 37.4 Å². The molecule has 4 nitrogen and oxygen atoms in total. The third kappa shape index (κ3) is 4.66. The van der Waals surface area contributed by atoms with E-state index in [0.717, 1.165) is 43.7 Å². The number of aryl methyl sites for hydroxylation is 1. The number of aromatic nitrogens is 1. The fourth-order valence-corrected chi connectivity index (χ4v) is 3.69. The van der Waals surface area contributed by atoms with E-state index < -0.39 is 0 Å². The summed E-state index contributed by atoms with van der Waals surface area (Å²) in [5.74, 6) is 0. The van der Waals surface area contributed by atoms with Gasteiger partial charge in [-0.3, -0.25) is 0 Å². The van der Waals surface area contributed by atoms with Gasteiger partial charge in [-0.1, -0.05) is 13.8 Å². The second-order valence-corrected chi connectivity index (χ2v) is 6.88. The quantitative estimate of drug-likeness (QED) is 0.719. The van der Waals surface area contributed by atoms with Crippen molar-refractivity contribution < 1.29 is 4.74 Å². The average Bonchev–Trinajstić information content (AvgIpc) is 3.24. The number of hydrogen-bond acceptors (Lipinski definition) is 5. The number of thiazole rings is 1. The lowest BCUT2D eigenvalue weighted by Crippen LogP contribution is -2.37. The Hall–Kier alpha value is -0.650. The first-order valence-corrected chi connectivity index (χ1v) is 8.96. The minimum Gasteiger partial charge on any atom is -0.383 e. The molecule has 0 bridgehead atoms. The van der Waals surface area contributed by atoms with Gasteiger partial charge in [-0.25, -0.2) is 4.98 Å². The average molecular weight is 311 g/mol. The fraction of sp³-hybridized carbons (Fsp3) is 0.812. The molecule has 1 aromatic rings.